The largest absolute Gasteiger partial charge is 0.480 e. The number of amides is 2. The summed E-state index contributed by atoms with van der Waals surface area (Å²) < 4.78 is 5.19. The van der Waals surface area contributed by atoms with Crippen LogP contribution in [0.3, 0.4) is 0 Å². The third-order valence-electron chi connectivity index (χ3n) is 5.07. The molecule has 8 nitrogen and oxygen atoms in total. The zero-order valence-corrected chi connectivity index (χ0v) is 17.4. The molecule has 2 N–H and O–H groups in total. The number of ether oxygens (including phenoxy) is 1. The van der Waals surface area contributed by atoms with E-state index in [1.165, 1.54) is 11.1 Å². The number of carboxylic acids is 1. The van der Waals surface area contributed by atoms with Crippen LogP contribution >= 0.6 is 11.6 Å². The lowest BCUT2D eigenvalue weighted by atomic mass is 9.98. The Labute approximate surface area is 179 Å². The Bertz CT molecular complexity index is 951. The SMILES string of the molecule is CCCCOC(=O)N1CC(NC(=O)c2cnc3cc(Cl)ccc3c2)CCC1C(=O)O. The van der Waals surface area contributed by atoms with Crippen LogP contribution in [0.1, 0.15) is 43.0 Å². The maximum Gasteiger partial charge on any atom is 0.410 e. The van der Waals surface area contributed by atoms with Crippen molar-refractivity contribution in [2.75, 3.05) is 13.2 Å². The highest BCUT2D eigenvalue weighted by Crippen LogP contribution is 2.21. The van der Waals surface area contributed by atoms with Gasteiger partial charge in [-0.25, -0.2) is 9.59 Å². The summed E-state index contributed by atoms with van der Waals surface area (Å²) in [6.07, 6.45) is 3.04. The Morgan fingerprint density at radius 3 is 2.83 bits per heavy atom. The summed E-state index contributed by atoms with van der Waals surface area (Å²) in [5.74, 6) is -1.41. The fourth-order valence-corrected chi connectivity index (χ4v) is 3.59. The molecule has 160 valence electrons. The molecule has 1 aromatic carbocycles. The van der Waals surface area contributed by atoms with E-state index in [2.05, 4.69) is 10.3 Å². The van der Waals surface area contributed by atoms with Gasteiger partial charge in [-0.3, -0.25) is 14.7 Å². The summed E-state index contributed by atoms with van der Waals surface area (Å²) in [6.45, 7) is 2.28. The van der Waals surface area contributed by atoms with Crippen LogP contribution in [-0.2, 0) is 9.53 Å². The number of hydrogen-bond acceptors (Lipinski definition) is 5. The Balaban J connectivity index is 1.68. The Kier molecular flexibility index (Phi) is 7.10. The number of unbranched alkanes of at least 4 members (excludes halogenated alkanes) is 1. The van der Waals surface area contributed by atoms with Crippen molar-refractivity contribution in [3.05, 3.63) is 41.0 Å². The number of hydrogen-bond donors (Lipinski definition) is 2. The monoisotopic (exact) mass is 433 g/mol. The van der Waals surface area contributed by atoms with Gasteiger partial charge in [0.25, 0.3) is 5.91 Å². The number of benzene rings is 1. The van der Waals surface area contributed by atoms with Gasteiger partial charge in [-0.2, -0.15) is 0 Å². The number of likely N-dealkylation sites (tertiary alicyclic amines) is 1. The van der Waals surface area contributed by atoms with Crippen LogP contribution in [0.4, 0.5) is 4.79 Å². The van der Waals surface area contributed by atoms with E-state index < -0.39 is 18.1 Å². The number of pyridine rings is 1. The van der Waals surface area contributed by atoms with Crippen molar-refractivity contribution in [2.45, 2.75) is 44.7 Å². The van der Waals surface area contributed by atoms with Crippen molar-refractivity contribution >= 4 is 40.5 Å². The molecule has 0 saturated carbocycles. The number of halogens is 1. The number of aliphatic carboxylic acids is 1. The molecule has 3 rings (SSSR count). The number of piperidine rings is 1. The summed E-state index contributed by atoms with van der Waals surface area (Å²) in [4.78, 5) is 42.1. The Morgan fingerprint density at radius 2 is 2.10 bits per heavy atom. The van der Waals surface area contributed by atoms with Gasteiger partial charge in [0.2, 0.25) is 0 Å². The Morgan fingerprint density at radius 1 is 1.30 bits per heavy atom. The van der Waals surface area contributed by atoms with Crippen LogP contribution in [0.5, 0.6) is 0 Å². The van der Waals surface area contributed by atoms with E-state index in [-0.39, 0.29) is 31.5 Å². The molecule has 2 atom stereocenters. The topological polar surface area (TPSA) is 109 Å². The van der Waals surface area contributed by atoms with E-state index in [4.69, 9.17) is 16.3 Å². The lowest BCUT2D eigenvalue weighted by Crippen LogP contribution is -2.56. The number of aromatic nitrogens is 1. The maximum absolute atomic E-state index is 12.7. The third kappa shape index (κ3) is 5.18. The highest BCUT2D eigenvalue weighted by atomic mass is 35.5. The number of carboxylic acid groups (broad SMARTS) is 1. The summed E-state index contributed by atoms with van der Waals surface area (Å²) in [5.41, 5.74) is 1.06. The molecule has 9 heteroatoms. The highest BCUT2D eigenvalue weighted by Gasteiger charge is 2.37. The maximum atomic E-state index is 12.7. The van der Waals surface area contributed by atoms with Gasteiger partial charge in [-0.15, -0.1) is 0 Å². The quantitative estimate of drug-likeness (QED) is 0.675. The number of nitrogens with zero attached hydrogens (tertiary/aromatic N) is 2. The number of carbonyl (C=O) groups excluding carboxylic acids is 2. The average Bonchev–Trinajstić information content (AvgIpc) is 2.73. The normalized spacial score (nSPS) is 18.8. The molecule has 30 heavy (non-hydrogen) atoms. The number of carbonyl (C=O) groups is 3. The fourth-order valence-electron chi connectivity index (χ4n) is 3.42. The van der Waals surface area contributed by atoms with Crippen LogP contribution in [-0.4, -0.2) is 58.2 Å². The van der Waals surface area contributed by atoms with Crippen molar-refractivity contribution in [1.82, 2.24) is 15.2 Å². The standard InChI is InChI=1S/C21H24ClN3O5/c1-2-3-8-30-21(29)25-12-16(6-7-18(25)20(27)28)24-19(26)14-9-13-4-5-15(22)10-17(13)23-11-14/h4-5,9-11,16,18H,2-3,6-8,12H2,1H3,(H,24,26)(H,27,28). The lowest BCUT2D eigenvalue weighted by molar-refractivity contribution is -0.144. The molecule has 2 unspecified atom stereocenters. The molecule has 1 aromatic heterocycles. The molecule has 0 radical (unpaired) electrons. The molecule has 1 fully saturated rings. The van der Waals surface area contributed by atoms with E-state index >= 15 is 0 Å². The Hall–Kier alpha value is -2.87. The van der Waals surface area contributed by atoms with Gasteiger partial charge >= 0.3 is 12.1 Å². The van der Waals surface area contributed by atoms with Gasteiger partial charge in [0.1, 0.15) is 6.04 Å². The minimum Gasteiger partial charge on any atom is -0.480 e. The first-order valence-electron chi connectivity index (χ1n) is 9.91. The first kappa shape index (κ1) is 21.8. The third-order valence-corrected chi connectivity index (χ3v) is 5.30. The van der Waals surface area contributed by atoms with Gasteiger partial charge in [-0.05, 0) is 37.5 Å². The second-order valence-corrected chi connectivity index (χ2v) is 7.72. The number of nitrogens with one attached hydrogen (secondary N) is 1. The van der Waals surface area contributed by atoms with Crippen LogP contribution in [0, 0.1) is 0 Å². The first-order chi connectivity index (χ1) is 14.4. The molecule has 1 aliphatic rings. The predicted molar refractivity (Wildman–Crippen MR) is 112 cm³/mol. The van der Waals surface area contributed by atoms with Crippen molar-refractivity contribution in [1.29, 1.82) is 0 Å². The van der Waals surface area contributed by atoms with E-state index in [1.807, 2.05) is 6.92 Å². The molecule has 1 saturated heterocycles. The van der Waals surface area contributed by atoms with E-state index in [9.17, 15) is 19.5 Å². The zero-order valence-electron chi connectivity index (χ0n) is 16.6. The average molecular weight is 434 g/mol. The lowest BCUT2D eigenvalue weighted by Gasteiger charge is -2.36. The zero-order chi connectivity index (χ0) is 21.7. The number of rotatable bonds is 6. The van der Waals surface area contributed by atoms with E-state index in [0.717, 1.165) is 11.8 Å². The van der Waals surface area contributed by atoms with Crippen LogP contribution in [0.25, 0.3) is 10.9 Å². The molecular weight excluding hydrogens is 410 g/mol. The second kappa shape index (κ2) is 9.75. The fraction of sp³-hybridized carbons (Fsp3) is 0.429. The molecule has 0 aliphatic carbocycles. The first-order valence-corrected chi connectivity index (χ1v) is 10.3. The smallest absolute Gasteiger partial charge is 0.410 e. The molecule has 0 bridgehead atoms. The van der Waals surface area contributed by atoms with Crippen molar-refractivity contribution in [3.63, 3.8) is 0 Å². The van der Waals surface area contributed by atoms with Gasteiger partial charge in [-0.1, -0.05) is 31.0 Å². The summed E-state index contributed by atoms with van der Waals surface area (Å²) in [7, 11) is 0. The molecular formula is C21H24ClN3O5. The van der Waals surface area contributed by atoms with Crippen molar-refractivity contribution in [3.8, 4) is 0 Å². The van der Waals surface area contributed by atoms with Crippen LogP contribution in [0.2, 0.25) is 5.02 Å². The van der Waals surface area contributed by atoms with Gasteiger partial charge in [0, 0.05) is 29.2 Å². The summed E-state index contributed by atoms with van der Waals surface area (Å²) in [6, 6.07) is 5.60. The van der Waals surface area contributed by atoms with Gasteiger partial charge in [0.15, 0.2) is 0 Å². The second-order valence-electron chi connectivity index (χ2n) is 7.28. The van der Waals surface area contributed by atoms with Crippen LogP contribution < -0.4 is 5.32 Å². The van der Waals surface area contributed by atoms with Gasteiger partial charge in [0.05, 0.1) is 17.7 Å². The van der Waals surface area contributed by atoms with E-state index in [1.54, 1.807) is 24.3 Å². The molecule has 0 spiro atoms. The minimum atomic E-state index is -1.08. The van der Waals surface area contributed by atoms with E-state index in [0.29, 0.717) is 28.9 Å². The summed E-state index contributed by atoms with van der Waals surface area (Å²) in [5, 5.41) is 13.7. The van der Waals surface area contributed by atoms with Crippen LogP contribution in [0.15, 0.2) is 30.5 Å². The molecule has 2 aromatic rings. The summed E-state index contributed by atoms with van der Waals surface area (Å²) >= 11 is 5.96. The van der Waals surface area contributed by atoms with Gasteiger partial charge < -0.3 is 15.2 Å². The molecule has 1 aliphatic heterocycles. The van der Waals surface area contributed by atoms with Crippen molar-refractivity contribution < 1.29 is 24.2 Å². The molecule has 2 heterocycles. The predicted octanol–water partition coefficient (Wildman–Crippen LogP) is 3.47. The van der Waals surface area contributed by atoms with Crippen molar-refractivity contribution in [2.24, 2.45) is 0 Å². The number of fused-ring (bicyclic) bond motifs is 1. The molecule has 2 amide bonds. The minimum absolute atomic E-state index is 0.0737. The highest BCUT2D eigenvalue weighted by molar-refractivity contribution is 6.31.